The predicted octanol–water partition coefficient (Wildman–Crippen LogP) is 4.59. The number of halogens is 2. The molecule has 5 nitrogen and oxygen atoms in total. The lowest BCUT2D eigenvalue weighted by Gasteiger charge is -2.30. The minimum Gasteiger partial charge on any atom is -0.460 e. The summed E-state index contributed by atoms with van der Waals surface area (Å²) in [5, 5.41) is 7.93. The number of alkyl halides is 2. The van der Waals surface area contributed by atoms with Crippen molar-refractivity contribution in [3.05, 3.63) is 11.4 Å². The first-order valence-electron chi connectivity index (χ1n) is 9.43. The summed E-state index contributed by atoms with van der Waals surface area (Å²) in [6.07, 6.45) is 2.67. The largest absolute Gasteiger partial charge is 0.460 e. The molecule has 1 heterocycles. The van der Waals surface area contributed by atoms with Crippen molar-refractivity contribution in [2.24, 2.45) is 5.92 Å². The van der Waals surface area contributed by atoms with E-state index in [9.17, 15) is 4.79 Å². The molecule has 1 aromatic rings. The quantitative estimate of drug-likeness (QED) is 0.727. The molecule has 0 N–H and O–H groups in total. The SMILES string of the molecule is CCC(C)(C)n1nnc2c1CCCCC(CC(=O)OC(C)(C)C)C2(F)F. The van der Waals surface area contributed by atoms with Gasteiger partial charge >= 0.3 is 5.97 Å². The number of aromatic nitrogens is 3. The molecule has 0 amide bonds. The van der Waals surface area contributed by atoms with Crippen molar-refractivity contribution in [2.75, 3.05) is 0 Å². The van der Waals surface area contributed by atoms with Crippen molar-refractivity contribution in [3.63, 3.8) is 0 Å². The smallest absolute Gasteiger partial charge is 0.306 e. The highest BCUT2D eigenvalue weighted by Crippen LogP contribution is 2.44. The van der Waals surface area contributed by atoms with Crippen molar-refractivity contribution in [3.8, 4) is 0 Å². The standard InChI is InChI=1S/C19H31F2N3O2/c1-7-18(5,6)24-14-11-9-8-10-13(12-15(25)26-17(2,3)4)19(20,21)16(14)22-23-24/h13H,7-12H2,1-6H3. The highest BCUT2D eigenvalue weighted by molar-refractivity contribution is 5.70. The minimum atomic E-state index is -3.20. The summed E-state index contributed by atoms with van der Waals surface area (Å²) in [5.41, 5.74) is -0.841. The number of esters is 1. The van der Waals surface area contributed by atoms with Gasteiger partial charge in [-0.2, -0.15) is 8.78 Å². The van der Waals surface area contributed by atoms with Crippen LogP contribution in [0.1, 0.15) is 85.0 Å². The van der Waals surface area contributed by atoms with E-state index in [-0.39, 0.29) is 24.1 Å². The molecule has 1 aliphatic rings. The Hall–Kier alpha value is -1.53. The van der Waals surface area contributed by atoms with Crippen LogP contribution in [-0.4, -0.2) is 26.6 Å². The monoisotopic (exact) mass is 371 g/mol. The molecular weight excluding hydrogens is 340 g/mol. The summed E-state index contributed by atoms with van der Waals surface area (Å²) in [4.78, 5) is 12.1. The number of carbonyl (C=O) groups is 1. The van der Waals surface area contributed by atoms with E-state index < -0.39 is 23.4 Å². The highest BCUT2D eigenvalue weighted by atomic mass is 19.3. The molecule has 0 fully saturated rings. The third-order valence-corrected chi connectivity index (χ3v) is 5.08. The fraction of sp³-hybridized carbons (Fsp3) is 0.842. The average Bonchev–Trinajstić information content (AvgIpc) is 2.92. The maximum atomic E-state index is 15.3. The van der Waals surface area contributed by atoms with Gasteiger partial charge in [-0.15, -0.1) is 5.10 Å². The van der Waals surface area contributed by atoms with E-state index in [1.807, 2.05) is 20.8 Å². The van der Waals surface area contributed by atoms with Crippen molar-refractivity contribution >= 4 is 5.97 Å². The number of carbonyl (C=O) groups excluding carboxylic acids is 1. The second-order valence-electron chi connectivity index (χ2n) is 8.82. The zero-order valence-electron chi connectivity index (χ0n) is 16.7. The summed E-state index contributed by atoms with van der Waals surface area (Å²) in [6.45, 7) is 11.1. The highest BCUT2D eigenvalue weighted by Gasteiger charge is 2.48. The Morgan fingerprint density at radius 2 is 1.92 bits per heavy atom. The predicted molar refractivity (Wildman–Crippen MR) is 95.0 cm³/mol. The Morgan fingerprint density at radius 3 is 2.50 bits per heavy atom. The summed E-state index contributed by atoms with van der Waals surface area (Å²) in [6, 6.07) is 0. The van der Waals surface area contributed by atoms with E-state index >= 15 is 8.78 Å². The first kappa shape index (κ1) is 20.8. The molecule has 7 heteroatoms. The Bertz CT molecular complexity index is 648. The molecule has 0 aliphatic heterocycles. The maximum Gasteiger partial charge on any atom is 0.306 e. The van der Waals surface area contributed by atoms with Crippen molar-refractivity contribution in [1.82, 2.24) is 15.0 Å². The summed E-state index contributed by atoms with van der Waals surface area (Å²) in [5.74, 6) is -4.91. The van der Waals surface area contributed by atoms with Gasteiger partial charge in [0.25, 0.3) is 5.92 Å². The van der Waals surface area contributed by atoms with E-state index in [0.717, 1.165) is 12.8 Å². The van der Waals surface area contributed by atoms with Crippen molar-refractivity contribution in [1.29, 1.82) is 0 Å². The van der Waals surface area contributed by atoms with Crippen LogP contribution in [0.25, 0.3) is 0 Å². The van der Waals surface area contributed by atoms with Gasteiger partial charge in [-0.1, -0.05) is 18.6 Å². The number of nitrogens with zero attached hydrogens (tertiary/aromatic N) is 3. The van der Waals surface area contributed by atoms with Crippen LogP contribution >= 0.6 is 0 Å². The molecule has 0 radical (unpaired) electrons. The summed E-state index contributed by atoms with van der Waals surface area (Å²) < 4.78 is 37.5. The molecule has 1 unspecified atom stereocenters. The average molecular weight is 371 g/mol. The van der Waals surface area contributed by atoms with Crippen LogP contribution in [0.15, 0.2) is 0 Å². The van der Waals surface area contributed by atoms with Gasteiger partial charge in [0.05, 0.1) is 17.7 Å². The number of fused-ring (bicyclic) bond motifs is 1. The van der Waals surface area contributed by atoms with Gasteiger partial charge < -0.3 is 4.74 Å². The summed E-state index contributed by atoms with van der Waals surface area (Å²) >= 11 is 0. The molecule has 0 aromatic carbocycles. The van der Waals surface area contributed by atoms with E-state index in [1.165, 1.54) is 0 Å². The van der Waals surface area contributed by atoms with Crippen molar-refractivity contribution in [2.45, 2.75) is 97.1 Å². The van der Waals surface area contributed by atoms with Gasteiger partial charge in [0.1, 0.15) is 5.60 Å². The topological polar surface area (TPSA) is 57.0 Å². The first-order valence-corrected chi connectivity index (χ1v) is 9.43. The van der Waals surface area contributed by atoms with Gasteiger partial charge in [-0.05, 0) is 60.3 Å². The fourth-order valence-electron chi connectivity index (χ4n) is 3.29. The third-order valence-electron chi connectivity index (χ3n) is 5.08. The zero-order chi connectivity index (χ0) is 19.8. The Balaban J connectivity index is 2.35. The normalized spacial score (nSPS) is 20.8. The molecular formula is C19H31F2N3O2. The van der Waals surface area contributed by atoms with Crippen molar-refractivity contribution < 1.29 is 18.3 Å². The molecule has 148 valence electrons. The van der Waals surface area contributed by atoms with Crippen LogP contribution in [-0.2, 0) is 27.4 Å². The van der Waals surface area contributed by atoms with Gasteiger partial charge in [0.2, 0.25) is 0 Å². The van der Waals surface area contributed by atoms with E-state index in [2.05, 4.69) is 10.3 Å². The van der Waals surface area contributed by atoms with Crippen LogP contribution in [0.3, 0.4) is 0 Å². The Morgan fingerprint density at radius 1 is 1.27 bits per heavy atom. The number of ether oxygens (including phenoxy) is 1. The molecule has 1 aromatic heterocycles. The number of hydrogen-bond acceptors (Lipinski definition) is 4. The van der Waals surface area contributed by atoms with Gasteiger partial charge in [-0.25, -0.2) is 4.68 Å². The Labute approximate surface area is 154 Å². The van der Waals surface area contributed by atoms with Gasteiger partial charge in [-0.3, -0.25) is 4.79 Å². The first-order chi connectivity index (χ1) is 11.9. The van der Waals surface area contributed by atoms with E-state index in [0.29, 0.717) is 18.5 Å². The van der Waals surface area contributed by atoms with Crippen LogP contribution in [0.4, 0.5) is 8.78 Å². The molecule has 1 atom stereocenters. The van der Waals surface area contributed by atoms with Crippen LogP contribution in [0.5, 0.6) is 0 Å². The van der Waals surface area contributed by atoms with Crippen LogP contribution in [0.2, 0.25) is 0 Å². The second kappa shape index (κ2) is 7.24. The number of hydrogen-bond donors (Lipinski definition) is 0. The molecule has 1 aliphatic carbocycles. The number of rotatable bonds is 4. The Kier molecular flexibility index (Phi) is 5.78. The molecule has 2 rings (SSSR count). The second-order valence-corrected chi connectivity index (χ2v) is 8.82. The van der Waals surface area contributed by atoms with Gasteiger partial charge in [0, 0.05) is 5.92 Å². The lowest BCUT2D eigenvalue weighted by atomic mass is 9.85. The fourth-order valence-corrected chi connectivity index (χ4v) is 3.29. The van der Waals surface area contributed by atoms with Crippen LogP contribution < -0.4 is 0 Å². The molecule has 0 spiro atoms. The van der Waals surface area contributed by atoms with E-state index in [1.54, 1.807) is 25.5 Å². The van der Waals surface area contributed by atoms with Gasteiger partial charge in [0.15, 0.2) is 5.69 Å². The molecule has 0 bridgehead atoms. The lowest BCUT2D eigenvalue weighted by Crippen LogP contribution is -2.34. The van der Waals surface area contributed by atoms with Crippen LogP contribution in [0, 0.1) is 5.92 Å². The molecule has 26 heavy (non-hydrogen) atoms. The lowest BCUT2D eigenvalue weighted by molar-refractivity contribution is -0.162. The molecule has 0 saturated heterocycles. The van der Waals surface area contributed by atoms with E-state index in [4.69, 9.17) is 4.74 Å². The molecule has 0 saturated carbocycles. The zero-order valence-corrected chi connectivity index (χ0v) is 16.7. The third kappa shape index (κ3) is 4.41. The maximum absolute atomic E-state index is 15.3. The summed E-state index contributed by atoms with van der Waals surface area (Å²) in [7, 11) is 0. The minimum absolute atomic E-state index is 0.271.